The number of benzene rings is 1. The summed E-state index contributed by atoms with van der Waals surface area (Å²) >= 11 is 0. The summed E-state index contributed by atoms with van der Waals surface area (Å²) in [6.07, 6.45) is 3.13. The van der Waals surface area contributed by atoms with Gasteiger partial charge in [0.05, 0.1) is 12.5 Å². The van der Waals surface area contributed by atoms with E-state index in [0.29, 0.717) is 13.0 Å². The van der Waals surface area contributed by atoms with Crippen molar-refractivity contribution in [2.24, 2.45) is 0 Å². The molecule has 0 aromatic heterocycles. The third-order valence-corrected chi connectivity index (χ3v) is 3.84. The Kier molecular flexibility index (Phi) is 4.77. The molecular formula is C16H21NO3. The quantitative estimate of drug-likeness (QED) is 0.899. The van der Waals surface area contributed by atoms with Crippen molar-refractivity contribution in [1.82, 2.24) is 4.90 Å². The van der Waals surface area contributed by atoms with Crippen LogP contribution in [0.5, 0.6) is 0 Å². The third kappa shape index (κ3) is 3.18. The minimum Gasteiger partial charge on any atom is -0.481 e. The third-order valence-electron chi connectivity index (χ3n) is 3.84. The zero-order chi connectivity index (χ0) is 14.5. The minimum absolute atomic E-state index is 0.0190. The number of nitrogens with zero attached hydrogens (tertiary/aromatic N) is 1. The summed E-state index contributed by atoms with van der Waals surface area (Å²) in [5.41, 5.74) is 2.16. The van der Waals surface area contributed by atoms with Crippen molar-refractivity contribution in [2.45, 2.75) is 45.1 Å². The standard InChI is InChI=1S/C16H21NO3/c1-2-3-8-15(18)17-10-9-12-6-4-5-7-13(12)14(17)11-16(19)20/h4-7,14H,2-3,8-11H2,1H3,(H,19,20). The van der Waals surface area contributed by atoms with Gasteiger partial charge in [-0.3, -0.25) is 9.59 Å². The van der Waals surface area contributed by atoms with Crippen LogP contribution in [0.2, 0.25) is 0 Å². The Bertz CT molecular complexity index is 498. The fourth-order valence-corrected chi connectivity index (χ4v) is 2.81. The van der Waals surface area contributed by atoms with E-state index in [1.54, 1.807) is 4.90 Å². The topological polar surface area (TPSA) is 57.6 Å². The van der Waals surface area contributed by atoms with Gasteiger partial charge in [0.2, 0.25) is 5.91 Å². The minimum atomic E-state index is -0.861. The summed E-state index contributed by atoms with van der Waals surface area (Å²) in [5.74, 6) is -0.785. The van der Waals surface area contributed by atoms with Crippen molar-refractivity contribution < 1.29 is 14.7 Å². The highest BCUT2D eigenvalue weighted by atomic mass is 16.4. The Morgan fingerprint density at radius 1 is 1.35 bits per heavy atom. The molecule has 1 unspecified atom stereocenters. The molecule has 0 spiro atoms. The van der Waals surface area contributed by atoms with Crippen molar-refractivity contribution in [1.29, 1.82) is 0 Å². The highest BCUT2D eigenvalue weighted by Gasteiger charge is 2.31. The van der Waals surface area contributed by atoms with Crippen molar-refractivity contribution in [3.63, 3.8) is 0 Å². The highest BCUT2D eigenvalue weighted by Crippen LogP contribution is 2.32. The molecule has 1 amide bonds. The van der Waals surface area contributed by atoms with Crippen molar-refractivity contribution in [2.75, 3.05) is 6.54 Å². The van der Waals surface area contributed by atoms with Crippen LogP contribution in [-0.2, 0) is 16.0 Å². The van der Waals surface area contributed by atoms with Crippen molar-refractivity contribution >= 4 is 11.9 Å². The average Bonchev–Trinajstić information content (AvgIpc) is 2.44. The molecule has 0 aliphatic carbocycles. The maximum Gasteiger partial charge on any atom is 0.305 e. The number of carboxylic acid groups (broad SMARTS) is 1. The fourth-order valence-electron chi connectivity index (χ4n) is 2.81. The van der Waals surface area contributed by atoms with Gasteiger partial charge in [-0.15, -0.1) is 0 Å². The Hall–Kier alpha value is -1.84. The number of hydrogen-bond donors (Lipinski definition) is 1. The van der Waals surface area contributed by atoms with Gasteiger partial charge in [-0.05, 0) is 24.0 Å². The van der Waals surface area contributed by atoms with E-state index in [1.807, 2.05) is 31.2 Å². The number of amides is 1. The first-order valence-electron chi connectivity index (χ1n) is 7.22. The molecule has 108 valence electrons. The number of unbranched alkanes of at least 4 members (excludes halogenated alkanes) is 1. The van der Waals surface area contributed by atoms with Crippen LogP contribution in [-0.4, -0.2) is 28.4 Å². The van der Waals surface area contributed by atoms with Gasteiger partial charge in [0.1, 0.15) is 0 Å². The molecule has 0 saturated heterocycles. The van der Waals surface area contributed by atoms with Crippen LogP contribution in [0.4, 0.5) is 0 Å². The zero-order valence-electron chi connectivity index (χ0n) is 11.8. The van der Waals surface area contributed by atoms with E-state index in [9.17, 15) is 9.59 Å². The number of carbonyl (C=O) groups is 2. The van der Waals surface area contributed by atoms with Gasteiger partial charge in [-0.1, -0.05) is 37.6 Å². The van der Waals surface area contributed by atoms with Gasteiger partial charge in [0.25, 0.3) is 0 Å². The molecule has 1 aliphatic heterocycles. The molecule has 4 heteroatoms. The van der Waals surface area contributed by atoms with E-state index >= 15 is 0 Å². The van der Waals surface area contributed by atoms with Gasteiger partial charge >= 0.3 is 5.97 Å². The van der Waals surface area contributed by atoms with Crippen LogP contribution in [0.3, 0.4) is 0 Å². The van der Waals surface area contributed by atoms with Crippen LogP contribution in [0.1, 0.15) is 49.8 Å². The Labute approximate surface area is 119 Å². The number of rotatable bonds is 5. The molecule has 1 aromatic rings. The Morgan fingerprint density at radius 2 is 2.10 bits per heavy atom. The summed E-state index contributed by atoms with van der Waals surface area (Å²) in [5, 5.41) is 9.13. The fraction of sp³-hybridized carbons (Fsp3) is 0.500. The van der Waals surface area contributed by atoms with Crippen LogP contribution < -0.4 is 0 Å². The van der Waals surface area contributed by atoms with Crippen molar-refractivity contribution in [3.05, 3.63) is 35.4 Å². The molecule has 1 N–H and O–H groups in total. The van der Waals surface area contributed by atoms with Gasteiger partial charge in [-0.2, -0.15) is 0 Å². The lowest BCUT2D eigenvalue weighted by Crippen LogP contribution is -2.40. The van der Waals surface area contributed by atoms with Crippen LogP contribution in [0, 0.1) is 0 Å². The van der Waals surface area contributed by atoms with Gasteiger partial charge < -0.3 is 10.0 Å². The summed E-state index contributed by atoms with van der Waals surface area (Å²) in [7, 11) is 0. The van der Waals surface area contributed by atoms with E-state index < -0.39 is 5.97 Å². The molecular weight excluding hydrogens is 254 g/mol. The van der Waals surface area contributed by atoms with Crippen molar-refractivity contribution in [3.8, 4) is 0 Å². The van der Waals surface area contributed by atoms with Gasteiger partial charge in [0, 0.05) is 13.0 Å². The molecule has 0 bridgehead atoms. The number of fused-ring (bicyclic) bond motifs is 1. The van der Waals surface area contributed by atoms with E-state index in [2.05, 4.69) is 0 Å². The van der Waals surface area contributed by atoms with E-state index in [1.165, 1.54) is 5.56 Å². The normalized spacial score (nSPS) is 17.6. The lowest BCUT2D eigenvalue weighted by molar-refractivity contribution is -0.141. The lowest BCUT2D eigenvalue weighted by atomic mass is 9.90. The van der Waals surface area contributed by atoms with Crippen LogP contribution in [0.25, 0.3) is 0 Å². The molecule has 1 heterocycles. The average molecular weight is 275 g/mol. The second-order valence-corrected chi connectivity index (χ2v) is 5.25. The predicted octanol–water partition coefficient (Wildman–Crippen LogP) is 2.78. The molecule has 20 heavy (non-hydrogen) atoms. The second-order valence-electron chi connectivity index (χ2n) is 5.25. The van der Waals surface area contributed by atoms with E-state index in [4.69, 9.17) is 5.11 Å². The highest BCUT2D eigenvalue weighted by molar-refractivity contribution is 5.78. The SMILES string of the molecule is CCCCC(=O)N1CCc2ccccc2C1CC(=O)O. The summed E-state index contributed by atoms with van der Waals surface area (Å²) in [4.78, 5) is 25.2. The Morgan fingerprint density at radius 3 is 2.80 bits per heavy atom. The second kappa shape index (κ2) is 6.55. The smallest absolute Gasteiger partial charge is 0.305 e. The van der Waals surface area contributed by atoms with Crippen LogP contribution in [0.15, 0.2) is 24.3 Å². The van der Waals surface area contributed by atoms with Crippen LogP contribution >= 0.6 is 0 Å². The zero-order valence-corrected chi connectivity index (χ0v) is 11.8. The molecule has 1 atom stereocenters. The van der Waals surface area contributed by atoms with Gasteiger partial charge in [-0.25, -0.2) is 0 Å². The molecule has 0 saturated carbocycles. The Balaban J connectivity index is 2.24. The predicted molar refractivity (Wildman–Crippen MR) is 76.4 cm³/mol. The maximum absolute atomic E-state index is 12.3. The first kappa shape index (κ1) is 14.6. The van der Waals surface area contributed by atoms with Gasteiger partial charge in [0.15, 0.2) is 0 Å². The molecule has 2 rings (SSSR count). The number of hydrogen-bond acceptors (Lipinski definition) is 2. The first-order valence-corrected chi connectivity index (χ1v) is 7.22. The van der Waals surface area contributed by atoms with E-state index in [0.717, 1.165) is 24.8 Å². The molecule has 1 aromatic carbocycles. The number of carboxylic acids is 1. The maximum atomic E-state index is 12.3. The number of aliphatic carboxylic acids is 1. The lowest BCUT2D eigenvalue weighted by Gasteiger charge is -2.36. The molecule has 4 nitrogen and oxygen atoms in total. The molecule has 0 radical (unpaired) electrons. The van der Waals surface area contributed by atoms with E-state index in [-0.39, 0.29) is 18.4 Å². The summed E-state index contributed by atoms with van der Waals surface area (Å²) < 4.78 is 0. The summed E-state index contributed by atoms with van der Waals surface area (Å²) in [6, 6.07) is 7.53. The monoisotopic (exact) mass is 275 g/mol. The largest absolute Gasteiger partial charge is 0.481 e. The number of carbonyl (C=O) groups excluding carboxylic acids is 1. The summed E-state index contributed by atoms with van der Waals surface area (Å²) in [6.45, 7) is 2.67. The first-order chi connectivity index (χ1) is 9.63. The molecule has 1 aliphatic rings. The molecule has 0 fully saturated rings.